The van der Waals surface area contributed by atoms with Crippen molar-refractivity contribution in [3.8, 4) is 0 Å². The lowest BCUT2D eigenvalue weighted by Gasteiger charge is -2.35. The molecule has 2 heterocycles. The predicted molar refractivity (Wildman–Crippen MR) is 73.9 cm³/mol. The second kappa shape index (κ2) is 4.69. The topological polar surface area (TPSA) is 21.3 Å². The molecule has 2 nitrogen and oxygen atoms in total. The molecular weight excluding hydrogens is 246 g/mol. The van der Waals surface area contributed by atoms with Crippen LogP contribution in [0.4, 0.5) is 0 Å². The Balaban J connectivity index is 2.07. The first kappa shape index (κ1) is 12.2. The van der Waals surface area contributed by atoms with E-state index in [4.69, 9.17) is 16.3 Å². The molecule has 0 saturated carbocycles. The highest BCUT2D eigenvalue weighted by molar-refractivity contribution is 6.31. The van der Waals surface area contributed by atoms with E-state index in [1.165, 1.54) is 11.1 Å². The molecule has 1 atom stereocenters. The summed E-state index contributed by atoms with van der Waals surface area (Å²) < 4.78 is 6.39. The lowest BCUT2D eigenvalue weighted by atomic mass is 9.84. The van der Waals surface area contributed by atoms with Crippen molar-refractivity contribution in [2.75, 3.05) is 13.1 Å². The summed E-state index contributed by atoms with van der Waals surface area (Å²) in [5, 5.41) is 4.24. The largest absolute Gasteiger partial charge is 0.362 e. The number of rotatable bonds is 2. The summed E-state index contributed by atoms with van der Waals surface area (Å²) in [7, 11) is 0. The number of fused-ring (bicyclic) bond motifs is 2. The summed E-state index contributed by atoms with van der Waals surface area (Å²) in [6.45, 7) is 5.81. The smallest absolute Gasteiger partial charge is 0.0981 e. The highest BCUT2D eigenvalue weighted by Crippen LogP contribution is 2.51. The Morgan fingerprint density at radius 2 is 2.22 bits per heavy atom. The van der Waals surface area contributed by atoms with Crippen molar-refractivity contribution in [1.82, 2.24) is 5.32 Å². The zero-order valence-corrected chi connectivity index (χ0v) is 11.2. The number of ether oxygens (including phenoxy) is 1. The van der Waals surface area contributed by atoms with E-state index in [2.05, 4.69) is 18.0 Å². The van der Waals surface area contributed by atoms with Gasteiger partial charge < -0.3 is 10.1 Å². The number of hydrogen-bond donors (Lipinski definition) is 1. The summed E-state index contributed by atoms with van der Waals surface area (Å²) in [4.78, 5) is 0. The molecule has 18 heavy (non-hydrogen) atoms. The Morgan fingerprint density at radius 1 is 1.44 bits per heavy atom. The zero-order chi connectivity index (χ0) is 12.6. The van der Waals surface area contributed by atoms with Crippen LogP contribution in [0.5, 0.6) is 0 Å². The third kappa shape index (κ3) is 1.80. The van der Waals surface area contributed by atoms with Gasteiger partial charge in [0.25, 0.3) is 0 Å². The Morgan fingerprint density at radius 3 is 2.94 bits per heavy atom. The van der Waals surface area contributed by atoms with E-state index in [1.54, 1.807) is 0 Å². The van der Waals surface area contributed by atoms with Crippen molar-refractivity contribution in [3.63, 3.8) is 0 Å². The van der Waals surface area contributed by atoms with Gasteiger partial charge in [0.15, 0.2) is 0 Å². The van der Waals surface area contributed by atoms with Crippen LogP contribution in [0, 0.1) is 0 Å². The second-order valence-corrected chi connectivity index (χ2v) is 5.49. The number of benzene rings is 1. The van der Waals surface area contributed by atoms with Crippen LogP contribution in [0.25, 0.3) is 0 Å². The molecule has 3 rings (SSSR count). The highest BCUT2D eigenvalue weighted by Gasteiger charge is 2.46. The molecule has 0 aromatic heterocycles. The van der Waals surface area contributed by atoms with Crippen molar-refractivity contribution in [1.29, 1.82) is 0 Å². The zero-order valence-electron chi connectivity index (χ0n) is 10.4. The van der Waals surface area contributed by atoms with Crippen LogP contribution in [-0.4, -0.2) is 13.1 Å². The fraction of sp³-hybridized carbons (Fsp3) is 0.467. The van der Waals surface area contributed by atoms with E-state index in [0.29, 0.717) is 0 Å². The van der Waals surface area contributed by atoms with Gasteiger partial charge in [-0.1, -0.05) is 29.8 Å². The van der Waals surface area contributed by atoms with Gasteiger partial charge in [0, 0.05) is 10.6 Å². The number of halogens is 1. The van der Waals surface area contributed by atoms with Gasteiger partial charge in [-0.3, -0.25) is 0 Å². The SMILES string of the molecule is C=CCC1OC2(CCNCC2)c2c(Cl)cccc21. The second-order valence-electron chi connectivity index (χ2n) is 5.08. The average Bonchev–Trinajstić information content (AvgIpc) is 2.67. The Kier molecular flexibility index (Phi) is 3.18. The summed E-state index contributed by atoms with van der Waals surface area (Å²) in [6.07, 6.45) is 4.89. The van der Waals surface area contributed by atoms with E-state index in [9.17, 15) is 0 Å². The summed E-state index contributed by atoms with van der Waals surface area (Å²) in [5.41, 5.74) is 2.30. The molecule has 1 aromatic rings. The fourth-order valence-electron chi connectivity index (χ4n) is 3.21. The summed E-state index contributed by atoms with van der Waals surface area (Å²) in [5.74, 6) is 0. The van der Waals surface area contributed by atoms with Gasteiger partial charge in [-0.05, 0) is 44.0 Å². The fourth-order valence-corrected chi connectivity index (χ4v) is 3.56. The molecule has 2 aliphatic rings. The lowest BCUT2D eigenvalue weighted by molar-refractivity contribution is -0.0929. The summed E-state index contributed by atoms with van der Waals surface area (Å²) in [6, 6.07) is 6.14. The minimum absolute atomic E-state index is 0.120. The molecular formula is C15H18ClNO. The van der Waals surface area contributed by atoms with Crippen LogP contribution in [0.15, 0.2) is 30.9 Å². The Labute approximate surface area is 113 Å². The van der Waals surface area contributed by atoms with Gasteiger partial charge in [0.05, 0.1) is 11.7 Å². The Hall–Kier alpha value is -0.830. The Bertz CT molecular complexity index is 466. The third-order valence-corrected chi connectivity index (χ3v) is 4.32. The van der Waals surface area contributed by atoms with Crippen molar-refractivity contribution in [3.05, 3.63) is 47.0 Å². The van der Waals surface area contributed by atoms with E-state index in [1.807, 2.05) is 18.2 Å². The van der Waals surface area contributed by atoms with Crippen molar-refractivity contribution in [2.45, 2.75) is 31.0 Å². The summed E-state index contributed by atoms with van der Waals surface area (Å²) >= 11 is 6.43. The standard InChI is InChI=1S/C15H18ClNO/c1-2-4-13-11-5-3-6-12(16)14(11)15(18-13)7-9-17-10-8-15/h2-3,5-6,13,17H,1,4,7-10H2. The third-order valence-electron chi connectivity index (χ3n) is 4.01. The molecule has 2 aliphatic heterocycles. The maximum Gasteiger partial charge on any atom is 0.0981 e. The van der Waals surface area contributed by atoms with E-state index < -0.39 is 0 Å². The first-order chi connectivity index (χ1) is 8.77. The van der Waals surface area contributed by atoms with Gasteiger partial charge in [0.2, 0.25) is 0 Å². The van der Waals surface area contributed by atoms with Crippen LogP contribution < -0.4 is 5.32 Å². The number of nitrogens with one attached hydrogen (secondary N) is 1. The molecule has 1 aromatic carbocycles. The molecule has 1 fully saturated rings. The van der Waals surface area contributed by atoms with Crippen LogP contribution in [0.2, 0.25) is 5.02 Å². The van der Waals surface area contributed by atoms with Crippen LogP contribution in [-0.2, 0) is 10.3 Å². The van der Waals surface area contributed by atoms with Crippen LogP contribution in [0.1, 0.15) is 36.5 Å². The predicted octanol–water partition coefficient (Wildman–Crippen LogP) is 3.57. The van der Waals surface area contributed by atoms with Crippen molar-refractivity contribution >= 4 is 11.6 Å². The van der Waals surface area contributed by atoms with Gasteiger partial charge in [-0.15, -0.1) is 6.58 Å². The number of hydrogen-bond acceptors (Lipinski definition) is 2. The van der Waals surface area contributed by atoms with Crippen molar-refractivity contribution < 1.29 is 4.74 Å². The van der Waals surface area contributed by atoms with E-state index in [-0.39, 0.29) is 11.7 Å². The highest BCUT2D eigenvalue weighted by atomic mass is 35.5. The van der Waals surface area contributed by atoms with Gasteiger partial charge >= 0.3 is 0 Å². The normalized spacial score (nSPS) is 25.1. The first-order valence-corrected chi connectivity index (χ1v) is 6.93. The minimum atomic E-state index is -0.174. The minimum Gasteiger partial charge on any atom is -0.362 e. The first-order valence-electron chi connectivity index (χ1n) is 6.55. The maximum absolute atomic E-state index is 6.43. The molecule has 3 heteroatoms. The molecule has 1 spiro atoms. The van der Waals surface area contributed by atoms with Crippen molar-refractivity contribution in [2.24, 2.45) is 0 Å². The quantitative estimate of drug-likeness (QED) is 0.824. The monoisotopic (exact) mass is 263 g/mol. The molecule has 0 aliphatic carbocycles. The molecule has 96 valence electrons. The lowest BCUT2D eigenvalue weighted by Crippen LogP contribution is -2.40. The van der Waals surface area contributed by atoms with Gasteiger partial charge in [0.1, 0.15) is 0 Å². The van der Waals surface area contributed by atoms with Gasteiger partial charge in [-0.2, -0.15) is 0 Å². The molecule has 0 radical (unpaired) electrons. The maximum atomic E-state index is 6.43. The van der Waals surface area contributed by atoms with Crippen LogP contribution >= 0.6 is 11.6 Å². The molecule has 0 amide bonds. The molecule has 1 unspecified atom stereocenters. The van der Waals surface area contributed by atoms with E-state index >= 15 is 0 Å². The van der Waals surface area contributed by atoms with Gasteiger partial charge in [-0.25, -0.2) is 0 Å². The molecule has 0 bridgehead atoms. The molecule has 1 saturated heterocycles. The van der Waals surface area contributed by atoms with Crippen LogP contribution in [0.3, 0.4) is 0 Å². The molecule has 1 N–H and O–H groups in total. The number of piperidine rings is 1. The van der Waals surface area contributed by atoms with E-state index in [0.717, 1.165) is 37.4 Å². The average molecular weight is 264 g/mol.